The Labute approximate surface area is 93.2 Å². The van der Waals surface area contributed by atoms with Gasteiger partial charge in [0, 0.05) is 0 Å². The van der Waals surface area contributed by atoms with Crippen molar-refractivity contribution in [2.24, 2.45) is 0 Å². The van der Waals surface area contributed by atoms with E-state index in [0.29, 0.717) is 0 Å². The van der Waals surface area contributed by atoms with Crippen molar-refractivity contribution in [3.8, 4) is 5.75 Å². The maximum Gasteiger partial charge on any atom is 0.387 e. The molecule has 0 saturated heterocycles. The molecule has 0 aliphatic rings. The molecular weight excluding hydrogens is 214 g/mol. The Balaban J connectivity index is 2.78. The highest BCUT2D eigenvalue weighted by Gasteiger charge is 2.04. The molecule has 4 heteroatoms. The lowest BCUT2D eigenvalue weighted by Crippen LogP contribution is -2.01. The van der Waals surface area contributed by atoms with Gasteiger partial charge in [0.2, 0.25) is 0 Å². The third kappa shape index (κ3) is 3.98. The first-order valence-corrected chi connectivity index (χ1v) is 4.91. The lowest BCUT2D eigenvalue weighted by molar-refractivity contribution is -0.0498. The molecule has 88 valence electrons. The Morgan fingerprint density at radius 3 is 2.31 bits per heavy atom. The fourth-order valence-electron chi connectivity index (χ4n) is 1.36. The van der Waals surface area contributed by atoms with Crippen LogP contribution in [0.5, 0.6) is 5.75 Å². The lowest BCUT2D eigenvalue weighted by Gasteiger charge is -2.06. The zero-order valence-corrected chi connectivity index (χ0v) is 9.15. The van der Waals surface area contributed by atoms with Gasteiger partial charge in [0.25, 0.3) is 0 Å². The number of ether oxygens (including phenoxy) is 1. The number of aliphatic hydroxyl groups is 1. The Morgan fingerprint density at radius 2 is 1.88 bits per heavy atom. The Bertz CT molecular complexity index is 356. The summed E-state index contributed by atoms with van der Waals surface area (Å²) in [5.74, 6) is 0.128. The van der Waals surface area contributed by atoms with Gasteiger partial charge in [0.15, 0.2) is 0 Å². The third-order valence-electron chi connectivity index (χ3n) is 2.03. The standard InChI is InChI=1S/C12H14F2O2/c1-8(7-9(2)15)10-3-5-11(6-4-10)16-12(13)14/h3-7,9,12,15H,1-2H3/b8-7-. The van der Waals surface area contributed by atoms with Crippen molar-refractivity contribution in [3.05, 3.63) is 35.9 Å². The van der Waals surface area contributed by atoms with Gasteiger partial charge in [-0.15, -0.1) is 0 Å². The molecule has 0 spiro atoms. The van der Waals surface area contributed by atoms with Gasteiger partial charge >= 0.3 is 6.61 Å². The molecule has 1 unspecified atom stereocenters. The smallest absolute Gasteiger partial charge is 0.387 e. The van der Waals surface area contributed by atoms with Crippen LogP contribution in [0.15, 0.2) is 30.3 Å². The molecule has 0 aromatic heterocycles. The number of halogens is 2. The number of hydrogen-bond acceptors (Lipinski definition) is 2. The van der Waals surface area contributed by atoms with Crippen molar-refractivity contribution in [1.82, 2.24) is 0 Å². The summed E-state index contributed by atoms with van der Waals surface area (Å²) in [6.45, 7) is 0.688. The van der Waals surface area contributed by atoms with Crippen LogP contribution >= 0.6 is 0 Å². The van der Waals surface area contributed by atoms with E-state index < -0.39 is 12.7 Å². The second-order valence-corrected chi connectivity index (χ2v) is 3.49. The van der Waals surface area contributed by atoms with Crippen LogP contribution in [0.2, 0.25) is 0 Å². The SMILES string of the molecule is C/C(=C/C(C)O)c1ccc(OC(F)F)cc1. The van der Waals surface area contributed by atoms with E-state index in [2.05, 4.69) is 4.74 Å². The van der Waals surface area contributed by atoms with Crippen LogP contribution in [-0.2, 0) is 0 Å². The van der Waals surface area contributed by atoms with E-state index in [9.17, 15) is 8.78 Å². The minimum atomic E-state index is -2.81. The Hall–Kier alpha value is -1.42. The first-order chi connectivity index (χ1) is 7.49. The first-order valence-electron chi connectivity index (χ1n) is 4.91. The van der Waals surface area contributed by atoms with Crippen molar-refractivity contribution in [1.29, 1.82) is 0 Å². The maximum absolute atomic E-state index is 11.9. The highest BCUT2D eigenvalue weighted by molar-refractivity contribution is 5.64. The van der Waals surface area contributed by atoms with Crippen LogP contribution in [0.25, 0.3) is 5.57 Å². The molecule has 1 N–H and O–H groups in total. The number of rotatable bonds is 4. The number of allylic oxidation sites excluding steroid dienone is 1. The van der Waals surface area contributed by atoms with Gasteiger partial charge in [-0.2, -0.15) is 8.78 Å². The molecule has 16 heavy (non-hydrogen) atoms. The van der Waals surface area contributed by atoms with Crippen LogP contribution in [0, 0.1) is 0 Å². The molecule has 2 nitrogen and oxygen atoms in total. The summed E-state index contributed by atoms with van der Waals surface area (Å²) >= 11 is 0. The molecule has 0 bridgehead atoms. The summed E-state index contributed by atoms with van der Waals surface area (Å²) in [6, 6.07) is 6.29. The molecule has 0 heterocycles. The van der Waals surface area contributed by atoms with E-state index in [1.807, 2.05) is 6.92 Å². The number of aliphatic hydroxyl groups excluding tert-OH is 1. The zero-order valence-electron chi connectivity index (χ0n) is 9.15. The van der Waals surface area contributed by atoms with E-state index in [4.69, 9.17) is 5.11 Å². The van der Waals surface area contributed by atoms with Crippen molar-refractivity contribution in [2.75, 3.05) is 0 Å². The van der Waals surface area contributed by atoms with Crippen LogP contribution in [-0.4, -0.2) is 17.8 Å². The molecule has 1 aromatic rings. The fourth-order valence-corrected chi connectivity index (χ4v) is 1.36. The average Bonchev–Trinajstić information content (AvgIpc) is 2.16. The average molecular weight is 228 g/mol. The number of benzene rings is 1. The summed E-state index contributed by atoms with van der Waals surface area (Å²) < 4.78 is 28.0. The van der Waals surface area contributed by atoms with E-state index in [1.165, 1.54) is 12.1 Å². The Kier molecular flexibility index (Phi) is 4.43. The minimum absolute atomic E-state index is 0.128. The maximum atomic E-state index is 11.9. The third-order valence-corrected chi connectivity index (χ3v) is 2.03. The summed E-state index contributed by atoms with van der Waals surface area (Å²) in [5, 5.41) is 9.16. The molecule has 0 fully saturated rings. The number of hydrogen-bond donors (Lipinski definition) is 1. The minimum Gasteiger partial charge on any atom is -0.435 e. The van der Waals surface area contributed by atoms with Gasteiger partial charge in [-0.05, 0) is 37.1 Å². The molecule has 0 radical (unpaired) electrons. The molecule has 1 atom stereocenters. The quantitative estimate of drug-likeness (QED) is 0.858. The number of alkyl halides is 2. The van der Waals surface area contributed by atoms with E-state index >= 15 is 0 Å². The van der Waals surface area contributed by atoms with Gasteiger partial charge in [-0.3, -0.25) is 0 Å². The van der Waals surface area contributed by atoms with E-state index in [-0.39, 0.29) is 5.75 Å². The largest absolute Gasteiger partial charge is 0.435 e. The Morgan fingerprint density at radius 1 is 1.31 bits per heavy atom. The van der Waals surface area contributed by atoms with Gasteiger partial charge < -0.3 is 9.84 Å². The monoisotopic (exact) mass is 228 g/mol. The molecule has 0 aliphatic heterocycles. The van der Waals surface area contributed by atoms with Crippen LogP contribution in [0.3, 0.4) is 0 Å². The first kappa shape index (κ1) is 12.6. The summed E-state index contributed by atoms with van der Waals surface area (Å²) in [4.78, 5) is 0. The van der Waals surface area contributed by atoms with Gasteiger partial charge in [-0.1, -0.05) is 18.2 Å². The lowest BCUT2D eigenvalue weighted by atomic mass is 10.1. The predicted octanol–water partition coefficient (Wildman–Crippen LogP) is 3.07. The van der Waals surface area contributed by atoms with Crippen molar-refractivity contribution >= 4 is 5.57 Å². The van der Waals surface area contributed by atoms with Gasteiger partial charge in [-0.25, -0.2) is 0 Å². The van der Waals surface area contributed by atoms with Crippen molar-refractivity contribution < 1.29 is 18.6 Å². The molecule has 0 aliphatic carbocycles. The normalized spacial score (nSPS) is 14.0. The summed E-state index contributed by atoms with van der Waals surface area (Å²) in [6.07, 6.45) is 1.15. The van der Waals surface area contributed by atoms with Crippen LogP contribution in [0.4, 0.5) is 8.78 Å². The highest BCUT2D eigenvalue weighted by atomic mass is 19.3. The van der Waals surface area contributed by atoms with Crippen molar-refractivity contribution in [2.45, 2.75) is 26.6 Å². The molecular formula is C12H14F2O2. The van der Waals surface area contributed by atoms with Gasteiger partial charge in [0.1, 0.15) is 5.75 Å². The summed E-state index contributed by atoms with van der Waals surface area (Å²) in [5.41, 5.74) is 1.75. The molecule has 0 saturated carbocycles. The highest BCUT2D eigenvalue weighted by Crippen LogP contribution is 2.20. The van der Waals surface area contributed by atoms with Crippen LogP contribution in [0.1, 0.15) is 19.4 Å². The second kappa shape index (κ2) is 5.61. The van der Waals surface area contributed by atoms with E-state index in [1.54, 1.807) is 25.1 Å². The molecule has 1 rings (SSSR count). The van der Waals surface area contributed by atoms with Crippen molar-refractivity contribution in [3.63, 3.8) is 0 Å². The van der Waals surface area contributed by atoms with E-state index in [0.717, 1.165) is 11.1 Å². The van der Waals surface area contributed by atoms with Crippen LogP contribution < -0.4 is 4.74 Å². The fraction of sp³-hybridized carbons (Fsp3) is 0.333. The zero-order chi connectivity index (χ0) is 12.1. The summed E-state index contributed by atoms with van der Waals surface area (Å²) in [7, 11) is 0. The molecule has 1 aromatic carbocycles. The predicted molar refractivity (Wildman–Crippen MR) is 58.4 cm³/mol. The topological polar surface area (TPSA) is 29.5 Å². The van der Waals surface area contributed by atoms with Gasteiger partial charge in [0.05, 0.1) is 6.10 Å². The molecule has 0 amide bonds. The second-order valence-electron chi connectivity index (χ2n) is 3.49.